The van der Waals surface area contributed by atoms with Gasteiger partial charge in [-0.05, 0) is 12.8 Å². The number of hydrogen-bond acceptors (Lipinski definition) is 4. The van der Waals surface area contributed by atoms with Crippen molar-refractivity contribution in [1.82, 2.24) is 4.90 Å². The quantitative estimate of drug-likeness (QED) is 0.696. The van der Waals surface area contributed by atoms with Crippen LogP contribution in [-0.2, 0) is 14.3 Å². The van der Waals surface area contributed by atoms with Crippen LogP contribution in [0.5, 0.6) is 0 Å². The molecule has 1 amide bonds. The van der Waals surface area contributed by atoms with E-state index >= 15 is 0 Å². The van der Waals surface area contributed by atoms with Crippen LogP contribution in [0.15, 0.2) is 0 Å². The predicted octanol–water partition coefficient (Wildman–Crippen LogP) is 0.412. The number of likely N-dealkylation sites (N-methyl/N-ethyl adjacent to an activating group) is 1. The van der Waals surface area contributed by atoms with Gasteiger partial charge in [-0.1, -0.05) is 0 Å². The third-order valence-corrected chi connectivity index (χ3v) is 2.95. The summed E-state index contributed by atoms with van der Waals surface area (Å²) < 4.78 is 10.1. The minimum absolute atomic E-state index is 0.115. The van der Waals surface area contributed by atoms with Crippen molar-refractivity contribution in [3.05, 3.63) is 0 Å². The topological polar surface area (TPSA) is 62.6 Å². The van der Waals surface area contributed by atoms with Gasteiger partial charge in [0.15, 0.2) is 0 Å². The van der Waals surface area contributed by atoms with E-state index in [-0.39, 0.29) is 5.91 Å². The Morgan fingerprint density at radius 3 is 2.69 bits per heavy atom. The molecule has 5 nitrogen and oxygen atoms in total. The van der Waals surface area contributed by atoms with Crippen LogP contribution in [0.1, 0.15) is 12.8 Å². The van der Waals surface area contributed by atoms with Crippen LogP contribution in [0.3, 0.4) is 0 Å². The Morgan fingerprint density at radius 1 is 1.56 bits per heavy atom. The SMILES string of the molecule is COCCN(C)C(=O)C1(C#N)CCOCC1. The number of amides is 1. The molecule has 0 atom stereocenters. The highest BCUT2D eigenvalue weighted by Gasteiger charge is 2.42. The number of nitriles is 1. The van der Waals surface area contributed by atoms with E-state index in [4.69, 9.17) is 9.47 Å². The molecule has 0 N–H and O–H groups in total. The number of rotatable bonds is 4. The summed E-state index contributed by atoms with van der Waals surface area (Å²) in [5.74, 6) is -0.115. The molecule has 0 unspecified atom stereocenters. The normalized spacial score (nSPS) is 18.8. The molecule has 0 aromatic carbocycles. The highest BCUT2D eigenvalue weighted by molar-refractivity contribution is 5.85. The molecule has 0 aromatic heterocycles. The molecule has 0 spiro atoms. The highest BCUT2D eigenvalue weighted by atomic mass is 16.5. The van der Waals surface area contributed by atoms with Crippen molar-refractivity contribution in [3.8, 4) is 6.07 Å². The van der Waals surface area contributed by atoms with Gasteiger partial charge >= 0.3 is 0 Å². The van der Waals surface area contributed by atoms with Gasteiger partial charge in [-0.3, -0.25) is 4.79 Å². The lowest BCUT2D eigenvalue weighted by molar-refractivity contribution is -0.142. The summed E-state index contributed by atoms with van der Waals surface area (Å²) in [6.07, 6.45) is 0.972. The first-order valence-corrected chi connectivity index (χ1v) is 5.40. The average Bonchev–Trinajstić information content (AvgIpc) is 2.35. The molecule has 1 saturated heterocycles. The molecule has 0 saturated carbocycles. The zero-order valence-electron chi connectivity index (χ0n) is 9.86. The molecule has 1 aliphatic rings. The van der Waals surface area contributed by atoms with Crippen molar-refractivity contribution in [3.63, 3.8) is 0 Å². The molecule has 0 aliphatic carbocycles. The fourth-order valence-corrected chi connectivity index (χ4v) is 1.79. The first kappa shape index (κ1) is 12.9. The average molecular weight is 226 g/mol. The minimum atomic E-state index is -0.888. The van der Waals surface area contributed by atoms with Gasteiger partial charge in [0.2, 0.25) is 5.91 Å². The third-order valence-electron chi connectivity index (χ3n) is 2.95. The summed E-state index contributed by atoms with van der Waals surface area (Å²) in [5, 5.41) is 9.20. The molecule has 5 heteroatoms. The van der Waals surface area contributed by atoms with Crippen LogP contribution < -0.4 is 0 Å². The number of methoxy groups -OCH3 is 1. The van der Waals surface area contributed by atoms with Gasteiger partial charge in [-0.2, -0.15) is 5.26 Å². The fourth-order valence-electron chi connectivity index (χ4n) is 1.79. The minimum Gasteiger partial charge on any atom is -0.383 e. The van der Waals surface area contributed by atoms with Crippen LogP contribution in [0, 0.1) is 16.7 Å². The van der Waals surface area contributed by atoms with E-state index in [0.29, 0.717) is 39.2 Å². The van der Waals surface area contributed by atoms with Crippen molar-refractivity contribution >= 4 is 5.91 Å². The first-order valence-electron chi connectivity index (χ1n) is 5.40. The Hall–Kier alpha value is -1.12. The Balaban J connectivity index is 2.65. The molecule has 16 heavy (non-hydrogen) atoms. The molecule has 1 aliphatic heterocycles. The highest BCUT2D eigenvalue weighted by Crippen LogP contribution is 2.31. The largest absolute Gasteiger partial charge is 0.383 e. The molecule has 0 bridgehead atoms. The Kier molecular flexibility index (Phi) is 4.71. The van der Waals surface area contributed by atoms with Gasteiger partial charge in [0.05, 0.1) is 12.7 Å². The Labute approximate surface area is 95.9 Å². The van der Waals surface area contributed by atoms with Crippen molar-refractivity contribution in [1.29, 1.82) is 5.26 Å². The monoisotopic (exact) mass is 226 g/mol. The summed E-state index contributed by atoms with van der Waals surface area (Å²) in [6, 6.07) is 2.16. The van der Waals surface area contributed by atoms with Gasteiger partial charge in [-0.25, -0.2) is 0 Å². The van der Waals surface area contributed by atoms with E-state index in [9.17, 15) is 10.1 Å². The number of carbonyl (C=O) groups is 1. The Bertz CT molecular complexity index is 279. The summed E-state index contributed by atoms with van der Waals surface area (Å²) in [6.45, 7) is 1.97. The smallest absolute Gasteiger partial charge is 0.243 e. The fraction of sp³-hybridized carbons (Fsp3) is 0.818. The van der Waals surface area contributed by atoms with Crippen molar-refractivity contribution in [2.45, 2.75) is 12.8 Å². The number of carbonyl (C=O) groups excluding carboxylic acids is 1. The molecule has 1 rings (SSSR count). The van der Waals surface area contributed by atoms with E-state index in [1.165, 1.54) is 0 Å². The Morgan fingerprint density at radius 2 is 2.19 bits per heavy atom. The number of nitrogens with zero attached hydrogens (tertiary/aromatic N) is 2. The van der Waals surface area contributed by atoms with Crippen molar-refractivity contribution in [2.24, 2.45) is 5.41 Å². The second-order valence-corrected chi connectivity index (χ2v) is 4.03. The van der Waals surface area contributed by atoms with E-state index in [0.717, 1.165) is 0 Å². The molecule has 1 fully saturated rings. The number of hydrogen-bond donors (Lipinski definition) is 0. The van der Waals surface area contributed by atoms with Gasteiger partial charge in [0.1, 0.15) is 5.41 Å². The third kappa shape index (κ3) is 2.71. The number of ether oxygens (including phenoxy) is 2. The zero-order valence-corrected chi connectivity index (χ0v) is 9.86. The lowest BCUT2D eigenvalue weighted by Gasteiger charge is -2.32. The van der Waals surface area contributed by atoms with E-state index in [1.54, 1.807) is 19.1 Å². The predicted molar refractivity (Wildman–Crippen MR) is 57.6 cm³/mol. The van der Waals surface area contributed by atoms with Gasteiger partial charge in [0, 0.05) is 33.9 Å². The molecular weight excluding hydrogens is 208 g/mol. The standard InChI is InChI=1S/C11H18N2O3/c1-13(5-8-15-2)10(14)11(9-12)3-6-16-7-4-11/h3-8H2,1-2H3. The summed E-state index contributed by atoms with van der Waals surface area (Å²) in [7, 11) is 3.29. The lowest BCUT2D eigenvalue weighted by atomic mass is 9.80. The van der Waals surface area contributed by atoms with Gasteiger partial charge in [-0.15, -0.1) is 0 Å². The maximum atomic E-state index is 12.1. The van der Waals surface area contributed by atoms with Crippen LogP contribution in [-0.4, -0.2) is 51.3 Å². The second kappa shape index (κ2) is 5.83. The van der Waals surface area contributed by atoms with Crippen LogP contribution in [0.25, 0.3) is 0 Å². The first-order chi connectivity index (χ1) is 7.66. The summed E-state index contributed by atoms with van der Waals surface area (Å²) >= 11 is 0. The van der Waals surface area contributed by atoms with E-state index in [2.05, 4.69) is 6.07 Å². The van der Waals surface area contributed by atoms with E-state index in [1.807, 2.05) is 0 Å². The van der Waals surface area contributed by atoms with Crippen molar-refractivity contribution < 1.29 is 14.3 Å². The van der Waals surface area contributed by atoms with Gasteiger partial charge in [0.25, 0.3) is 0 Å². The molecule has 0 aromatic rings. The summed E-state index contributed by atoms with van der Waals surface area (Å²) in [5.41, 5.74) is -0.888. The van der Waals surface area contributed by atoms with Crippen molar-refractivity contribution in [2.75, 3.05) is 40.5 Å². The van der Waals surface area contributed by atoms with E-state index < -0.39 is 5.41 Å². The maximum Gasteiger partial charge on any atom is 0.243 e. The molecule has 1 heterocycles. The summed E-state index contributed by atoms with van der Waals surface area (Å²) in [4.78, 5) is 13.7. The molecule has 90 valence electrons. The van der Waals surface area contributed by atoms with Crippen LogP contribution in [0.4, 0.5) is 0 Å². The molecule has 0 radical (unpaired) electrons. The second-order valence-electron chi connectivity index (χ2n) is 4.03. The van der Waals surface area contributed by atoms with Crippen LogP contribution in [0.2, 0.25) is 0 Å². The lowest BCUT2D eigenvalue weighted by Crippen LogP contribution is -2.45. The molecular formula is C11H18N2O3. The van der Waals surface area contributed by atoms with Gasteiger partial charge < -0.3 is 14.4 Å². The zero-order chi connectivity index (χ0) is 12.0. The maximum absolute atomic E-state index is 12.1. The van der Waals surface area contributed by atoms with Crippen LogP contribution >= 0.6 is 0 Å².